The molecule has 0 saturated heterocycles. The second-order valence-electron chi connectivity index (χ2n) is 3.55. The van der Waals surface area contributed by atoms with Gasteiger partial charge in [0.15, 0.2) is 0 Å². The molecule has 0 amide bonds. The molecule has 0 spiro atoms. The van der Waals surface area contributed by atoms with Gasteiger partial charge in [-0.3, -0.25) is 9.78 Å². The Morgan fingerprint density at radius 1 is 1.41 bits per heavy atom. The van der Waals surface area contributed by atoms with E-state index in [1.165, 1.54) is 18.3 Å². The van der Waals surface area contributed by atoms with Crippen LogP contribution in [0.5, 0.6) is 0 Å². The zero-order valence-electron chi connectivity index (χ0n) is 8.92. The number of hydrogen-bond donors (Lipinski definition) is 2. The molecule has 1 aromatic heterocycles. The predicted octanol–water partition coefficient (Wildman–Crippen LogP) is 2.72. The zero-order chi connectivity index (χ0) is 12.4. The maximum atomic E-state index is 13.1. The van der Waals surface area contributed by atoms with Crippen molar-refractivity contribution in [1.29, 1.82) is 0 Å². The molecule has 0 atom stereocenters. The molecular weight excluding hydrogens is 289 g/mol. The van der Waals surface area contributed by atoms with Crippen LogP contribution in [0.4, 0.5) is 16.0 Å². The van der Waals surface area contributed by atoms with E-state index in [0.29, 0.717) is 10.2 Å². The first-order valence-corrected chi connectivity index (χ1v) is 5.63. The Kier molecular flexibility index (Phi) is 3.23. The van der Waals surface area contributed by atoms with Crippen molar-refractivity contribution in [2.24, 2.45) is 0 Å². The van der Waals surface area contributed by atoms with Gasteiger partial charge >= 0.3 is 0 Å². The average molecular weight is 298 g/mol. The maximum absolute atomic E-state index is 13.1. The number of halogens is 2. The minimum Gasteiger partial charge on any atom is -0.326 e. The average Bonchev–Trinajstić information content (AvgIpc) is 2.22. The maximum Gasteiger partial charge on any atom is 0.266 e. The molecule has 0 bridgehead atoms. The molecular formula is C11H9BrFN3O. The number of aromatic amines is 1. The van der Waals surface area contributed by atoms with Gasteiger partial charge in [0, 0.05) is 5.69 Å². The summed E-state index contributed by atoms with van der Waals surface area (Å²) in [5.74, 6) is -0.0739. The number of H-pyrrole nitrogens is 1. The first-order valence-electron chi connectivity index (χ1n) is 4.83. The van der Waals surface area contributed by atoms with Gasteiger partial charge in [0.1, 0.15) is 10.3 Å². The molecule has 6 heteroatoms. The number of benzene rings is 1. The fraction of sp³-hybridized carbons (Fsp3) is 0.0909. The first kappa shape index (κ1) is 11.8. The van der Waals surface area contributed by atoms with Gasteiger partial charge in [0.2, 0.25) is 5.95 Å². The van der Waals surface area contributed by atoms with Crippen LogP contribution in [0.15, 0.2) is 33.7 Å². The van der Waals surface area contributed by atoms with Gasteiger partial charge in [0.25, 0.3) is 5.56 Å². The largest absolute Gasteiger partial charge is 0.326 e. The van der Waals surface area contributed by atoms with E-state index in [1.807, 2.05) is 0 Å². The van der Waals surface area contributed by atoms with Crippen molar-refractivity contribution in [3.05, 3.63) is 50.6 Å². The summed E-state index contributed by atoms with van der Waals surface area (Å²) in [5, 5.41) is 2.83. The number of aryl methyl sites for hydroxylation is 1. The van der Waals surface area contributed by atoms with Crippen LogP contribution < -0.4 is 10.9 Å². The quantitative estimate of drug-likeness (QED) is 0.896. The Morgan fingerprint density at radius 3 is 2.82 bits per heavy atom. The topological polar surface area (TPSA) is 57.8 Å². The van der Waals surface area contributed by atoms with Crippen molar-refractivity contribution in [1.82, 2.24) is 9.97 Å². The zero-order valence-corrected chi connectivity index (χ0v) is 10.5. The lowest BCUT2D eigenvalue weighted by Gasteiger charge is -2.06. The van der Waals surface area contributed by atoms with Gasteiger partial charge in [-0.15, -0.1) is 0 Å². The Hall–Kier alpha value is -1.69. The molecule has 0 aliphatic rings. The minimum absolute atomic E-state index is 0.267. The van der Waals surface area contributed by atoms with E-state index < -0.39 is 0 Å². The van der Waals surface area contributed by atoms with Crippen LogP contribution in [0.2, 0.25) is 0 Å². The fourth-order valence-corrected chi connectivity index (χ4v) is 1.59. The summed E-state index contributed by atoms with van der Waals surface area (Å²) in [5.41, 5.74) is 1.02. The van der Waals surface area contributed by atoms with Crippen LogP contribution >= 0.6 is 15.9 Å². The van der Waals surface area contributed by atoms with Crippen LogP contribution in [-0.2, 0) is 0 Å². The third kappa shape index (κ3) is 2.91. The van der Waals surface area contributed by atoms with E-state index in [2.05, 4.69) is 31.2 Å². The van der Waals surface area contributed by atoms with Crippen molar-refractivity contribution in [3.63, 3.8) is 0 Å². The van der Waals surface area contributed by atoms with Gasteiger partial charge < -0.3 is 5.32 Å². The monoisotopic (exact) mass is 297 g/mol. The fourth-order valence-electron chi connectivity index (χ4n) is 1.39. The number of hydrogen-bond acceptors (Lipinski definition) is 3. The molecule has 1 aromatic carbocycles. The third-order valence-electron chi connectivity index (χ3n) is 2.06. The molecule has 4 nitrogen and oxygen atoms in total. The highest BCUT2D eigenvalue weighted by Crippen LogP contribution is 2.16. The summed E-state index contributed by atoms with van der Waals surface area (Å²) in [4.78, 5) is 17.8. The van der Waals surface area contributed by atoms with Crippen molar-refractivity contribution >= 4 is 27.6 Å². The number of anilines is 2. The lowest BCUT2D eigenvalue weighted by atomic mass is 10.2. The van der Waals surface area contributed by atoms with E-state index in [9.17, 15) is 9.18 Å². The lowest BCUT2D eigenvalue weighted by molar-refractivity contribution is 0.627. The number of aromatic nitrogens is 2. The molecule has 0 aliphatic carbocycles. The molecule has 0 fully saturated rings. The highest BCUT2D eigenvalue weighted by atomic mass is 79.9. The molecule has 2 rings (SSSR count). The lowest BCUT2D eigenvalue weighted by Crippen LogP contribution is -2.10. The van der Waals surface area contributed by atoms with E-state index in [1.54, 1.807) is 13.0 Å². The number of nitrogens with one attached hydrogen (secondary N) is 2. The van der Waals surface area contributed by atoms with Gasteiger partial charge in [-0.2, -0.15) is 0 Å². The standard InChI is InChI=1S/C11H9BrFN3O/c1-6-2-7(13)4-8(3-6)15-11-14-5-9(12)10(17)16-11/h2-5H,1H3,(H2,14,15,16,17). The molecule has 0 saturated carbocycles. The summed E-state index contributed by atoms with van der Waals surface area (Å²) >= 11 is 3.04. The second kappa shape index (κ2) is 4.67. The highest BCUT2D eigenvalue weighted by molar-refractivity contribution is 9.10. The van der Waals surface area contributed by atoms with Crippen LogP contribution in [0.3, 0.4) is 0 Å². The van der Waals surface area contributed by atoms with E-state index in [0.717, 1.165) is 5.56 Å². The normalized spacial score (nSPS) is 10.3. The van der Waals surface area contributed by atoms with Gasteiger partial charge in [-0.1, -0.05) is 0 Å². The van der Waals surface area contributed by atoms with Crippen LogP contribution in [0.1, 0.15) is 5.56 Å². The summed E-state index contributed by atoms with van der Waals surface area (Å²) in [6.07, 6.45) is 1.38. The third-order valence-corrected chi connectivity index (χ3v) is 2.63. The summed E-state index contributed by atoms with van der Waals surface area (Å²) in [6, 6.07) is 4.50. The van der Waals surface area contributed by atoms with E-state index in [4.69, 9.17) is 0 Å². The predicted molar refractivity (Wildman–Crippen MR) is 67.0 cm³/mol. The van der Waals surface area contributed by atoms with Gasteiger partial charge in [0.05, 0.1) is 6.20 Å². The Morgan fingerprint density at radius 2 is 2.18 bits per heavy atom. The summed E-state index contributed by atoms with van der Waals surface area (Å²) < 4.78 is 13.5. The molecule has 88 valence electrons. The molecule has 17 heavy (non-hydrogen) atoms. The second-order valence-corrected chi connectivity index (χ2v) is 4.41. The highest BCUT2D eigenvalue weighted by Gasteiger charge is 2.02. The van der Waals surface area contributed by atoms with Crippen molar-refractivity contribution < 1.29 is 4.39 Å². The van der Waals surface area contributed by atoms with Crippen LogP contribution in [0, 0.1) is 12.7 Å². The van der Waals surface area contributed by atoms with Crippen LogP contribution in [0.25, 0.3) is 0 Å². The SMILES string of the molecule is Cc1cc(F)cc(Nc2ncc(Br)c(=O)[nH]2)c1. The molecule has 0 aliphatic heterocycles. The van der Waals surface area contributed by atoms with Gasteiger partial charge in [-0.25, -0.2) is 9.37 Å². The van der Waals surface area contributed by atoms with Crippen molar-refractivity contribution in [3.8, 4) is 0 Å². The van der Waals surface area contributed by atoms with Crippen LogP contribution in [-0.4, -0.2) is 9.97 Å². The molecule has 0 radical (unpaired) electrons. The summed E-state index contributed by atoms with van der Waals surface area (Å²) in [6.45, 7) is 1.78. The molecule has 2 N–H and O–H groups in total. The molecule has 2 aromatic rings. The Balaban J connectivity index is 2.31. The molecule has 0 unspecified atom stereocenters. The smallest absolute Gasteiger partial charge is 0.266 e. The van der Waals surface area contributed by atoms with Crippen molar-refractivity contribution in [2.75, 3.05) is 5.32 Å². The first-order chi connectivity index (χ1) is 8.04. The summed E-state index contributed by atoms with van der Waals surface area (Å²) in [7, 11) is 0. The molecule has 1 heterocycles. The van der Waals surface area contributed by atoms with E-state index in [-0.39, 0.29) is 17.3 Å². The number of nitrogens with zero attached hydrogens (tertiary/aromatic N) is 1. The van der Waals surface area contributed by atoms with E-state index >= 15 is 0 Å². The Labute approximate surface area is 105 Å². The van der Waals surface area contributed by atoms with Crippen molar-refractivity contribution in [2.45, 2.75) is 6.92 Å². The minimum atomic E-state index is -0.341. The van der Waals surface area contributed by atoms with Gasteiger partial charge in [-0.05, 0) is 46.6 Å². The number of rotatable bonds is 2. The Bertz CT molecular complexity index is 592.